The van der Waals surface area contributed by atoms with Crippen molar-refractivity contribution >= 4 is 11.8 Å². The molecule has 4 heteroatoms. The number of aryl methyl sites for hydroxylation is 2. The van der Waals surface area contributed by atoms with Crippen LogP contribution in [0.2, 0.25) is 0 Å². The summed E-state index contributed by atoms with van der Waals surface area (Å²) in [5, 5.41) is 0. The Labute approximate surface area is 107 Å². The van der Waals surface area contributed by atoms with Gasteiger partial charge in [-0.25, -0.2) is 0 Å². The number of piperidine rings is 1. The molecular formula is C14H18N2O2. The number of benzene rings is 1. The van der Waals surface area contributed by atoms with E-state index in [0.29, 0.717) is 19.4 Å². The van der Waals surface area contributed by atoms with Gasteiger partial charge in [0.15, 0.2) is 0 Å². The van der Waals surface area contributed by atoms with Gasteiger partial charge in [0.25, 0.3) is 0 Å². The second-order valence-corrected chi connectivity index (χ2v) is 4.96. The summed E-state index contributed by atoms with van der Waals surface area (Å²) in [6.45, 7) is 4.33. The Balaban J connectivity index is 2.21. The van der Waals surface area contributed by atoms with E-state index in [1.807, 2.05) is 26.0 Å². The monoisotopic (exact) mass is 246 g/mol. The zero-order valence-corrected chi connectivity index (χ0v) is 10.8. The number of rotatable bonds is 2. The highest BCUT2D eigenvalue weighted by atomic mass is 16.2. The van der Waals surface area contributed by atoms with E-state index in [2.05, 4.69) is 6.07 Å². The molecule has 18 heavy (non-hydrogen) atoms. The van der Waals surface area contributed by atoms with Gasteiger partial charge in [-0.05, 0) is 25.8 Å². The number of amides is 2. The maximum atomic E-state index is 11.9. The highest BCUT2D eigenvalue weighted by Gasteiger charge is 2.31. The molecule has 1 heterocycles. The molecule has 1 aromatic rings. The van der Waals surface area contributed by atoms with E-state index in [0.717, 1.165) is 16.7 Å². The molecule has 1 atom stereocenters. The summed E-state index contributed by atoms with van der Waals surface area (Å²) in [4.78, 5) is 24.9. The van der Waals surface area contributed by atoms with Gasteiger partial charge in [-0.15, -0.1) is 0 Å². The van der Waals surface area contributed by atoms with Crippen LogP contribution in [0, 0.1) is 13.8 Å². The summed E-state index contributed by atoms with van der Waals surface area (Å²) in [5.41, 5.74) is 8.94. The van der Waals surface area contributed by atoms with Crippen molar-refractivity contribution in [3.05, 3.63) is 34.9 Å². The molecule has 1 aliphatic heterocycles. The fourth-order valence-electron chi connectivity index (χ4n) is 2.37. The molecule has 2 rings (SSSR count). The molecule has 0 radical (unpaired) electrons. The highest BCUT2D eigenvalue weighted by molar-refractivity contribution is 6.00. The van der Waals surface area contributed by atoms with Crippen molar-refractivity contribution in [3.63, 3.8) is 0 Å². The largest absolute Gasteiger partial charge is 0.320 e. The predicted octanol–water partition coefficient (Wildman–Crippen LogP) is 1.28. The number of nitrogens with zero attached hydrogens (tertiary/aromatic N) is 1. The molecule has 0 spiro atoms. The van der Waals surface area contributed by atoms with Gasteiger partial charge in [0.05, 0.1) is 12.6 Å². The third kappa shape index (κ3) is 2.59. The minimum atomic E-state index is -0.534. The van der Waals surface area contributed by atoms with E-state index in [-0.39, 0.29) is 11.8 Å². The van der Waals surface area contributed by atoms with Gasteiger partial charge in [0, 0.05) is 6.42 Å². The van der Waals surface area contributed by atoms with Crippen LogP contribution in [0.5, 0.6) is 0 Å². The van der Waals surface area contributed by atoms with E-state index in [1.165, 1.54) is 4.90 Å². The van der Waals surface area contributed by atoms with Crippen molar-refractivity contribution in [1.29, 1.82) is 0 Å². The number of nitrogens with two attached hydrogens (primary N) is 1. The molecule has 0 bridgehead atoms. The third-order valence-corrected chi connectivity index (χ3v) is 3.18. The second-order valence-electron chi connectivity index (χ2n) is 4.96. The summed E-state index contributed by atoms with van der Waals surface area (Å²) in [5.74, 6) is -0.383. The van der Waals surface area contributed by atoms with Gasteiger partial charge in [-0.1, -0.05) is 29.3 Å². The normalized spacial score (nSPS) is 20.4. The van der Waals surface area contributed by atoms with Crippen LogP contribution in [0.3, 0.4) is 0 Å². The van der Waals surface area contributed by atoms with Crippen LogP contribution >= 0.6 is 0 Å². The van der Waals surface area contributed by atoms with Crippen LogP contribution in [0.4, 0.5) is 0 Å². The number of imide groups is 1. The molecule has 2 N–H and O–H groups in total. The van der Waals surface area contributed by atoms with Gasteiger partial charge in [-0.2, -0.15) is 0 Å². The van der Waals surface area contributed by atoms with Gasteiger partial charge < -0.3 is 5.73 Å². The van der Waals surface area contributed by atoms with Crippen molar-refractivity contribution in [3.8, 4) is 0 Å². The number of carbonyl (C=O) groups is 2. The summed E-state index contributed by atoms with van der Waals surface area (Å²) in [7, 11) is 0. The first kappa shape index (κ1) is 12.8. The standard InChI is InChI=1S/C14H18N2O2/c1-9-5-10(2)7-11(6-9)8-16-13(17)4-3-12(15)14(16)18/h5-7,12H,3-4,8,15H2,1-2H3. The van der Waals surface area contributed by atoms with Crippen molar-refractivity contribution in [2.24, 2.45) is 5.73 Å². The number of hydrogen-bond donors (Lipinski definition) is 1. The van der Waals surface area contributed by atoms with Crippen molar-refractivity contribution in [2.45, 2.75) is 39.3 Å². The van der Waals surface area contributed by atoms with Gasteiger partial charge in [-0.3, -0.25) is 14.5 Å². The Hall–Kier alpha value is -1.68. The Kier molecular flexibility index (Phi) is 3.48. The zero-order chi connectivity index (χ0) is 13.3. The first-order valence-corrected chi connectivity index (χ1v) is 6.14. The van der Waals surface area contributed by atoms with Crippen molar-refractivity contribution in [1.82, 2.24) is 4.90 Å². The average molecular weight is 246 g/mol. The molecule has 1 saturated heterocycles. The van der Waals surface area contributed by atoms with E-state index in [1.54, 1.807) is 0 Å². The maximum absolute atomic E-state index is 11.9. The van der Waals surface area contributed by atoms with Gasteiger partial charge >= 0.3 is 0 Å². The van der Waals surface area contributed by atoms with E-state index < -0.39 is 6.04 Å². The van der Waals surface area contributed by atoms with Crippen LogP contribution in [0.25, 0.3) is 0 Å². The Bertz CT molecular complexity index is 476. The topological polar surface area (TPSA) is 63.4 Å². The lowest BCUT2D eigenvalue weighted by atomic mass is 10.0. The minimum absolute atomic E-state index is 0.124. The van der Waals surface area contributed by atoms with E-state index in [9.17, 15) is 9.59 Å². The number of hydrogen-bond acceptors (Lipinski definition) is 3. The molecule has 0 aromatic heterocycles. The Morgan fingerprint density at radius 2 is 1.83 bits per heavy atom. The fourth-order valence-corrected chi connectivity index (χ4v) is 2.37. The average Bonchev–Trinajstić information content (AvgIpc) is 2.28. The summed E-state index contributed by atoms with van der Waals surface area (Å²) >= 11 is 0. The zero-order valence-electron chi connectivity index (χ0n) is 10.8. The van der Waals surface area contributed by atoms with Crippen LogP contribution in [0.1, 0.15) is 29.5 Å². The van der Waals surface area contributed by atoms with Crippen LogP contribution in [-0.4, -0.2) is 22.8 Å². The summed E-state index contributed by atoms with van der Waals surface area (Å²) < 4.78 is 0. The first-order chi connectivity index (χ1) is 8.47. The lowest BCUT2D eigenvalue weighted by Gasteiger charge is -2.28. The second kappa shape index (κ2) is 4.90. The minimum Gasteiger partial charge on any atom is -0.320 e. The molecule has 4 nitrogen and oxygen atoms in total. The van der Waals surface area contributed by atoms with Crippen molar-refractivity contribution < 1.29 is 9.59 Å². The number of likely N-dealkylation sites (tertiary alicyclic amines) is 1. The lowest BCUT2D eigenvalue weighted by molar-refractivity contribution is -0.149. The maximum Gasteiger partial charge on any atom is 0.246 e. The quantitative estimate of drug-likeness (QED) is 0.799. The molecule has 0 saturated carbocycles. The van der Waals surface area contributed by atoms with Crippen LogP contribution < -0.4 is 5.73 Å². The molecule has 1 aliphatic rings. The van der Waals surface area contributed by atoms with Gasteiger partial charge in [0.2, 0.25) is 11.8 Å². The molecule has 2 amide bonds. The van der Waals surface area contributed by atoms with Crippen LogP contribution in [0.15, 0.2) is 18.2 Å². The van der Waals surface area contributed by atoms with Crippen molar-refractivity contribution in [2.75, 3.05) is 0 Å². The van der Waals surface area contributed by atoms with Crippen LogP contribution in [-0.2, 0) is 16.1 Å². The SMILES string of the molecule is Cc1cc(C)cc(CN2C(=O)CCC(N)C2=O)c1. The van der Waals surface area contributed by atoms with E-state index in [4.69, 9.17) is 5.73 Å². The number of carbonyl (C=O) groups excluding carboxylic acids is 2. The van der Waals surface area contributed by atoms with Gasteiger partial charge in [0.1, 0.15) is 0 Å². The molecule has 1 fully saturated rings. The molecular weight excluding hydrogens is 228 g/mol. The van der Waals surface area contributed by atoms with E-state index >= 15 is 0 Å². The predicted molar refractivity (Wildman–Crippen MR) is 68.7 cm³/mol. The smallest absolute Gasteiger partial charge is 0.246 e. The molecule has 1 unspecified atom stereocenters. The summed E-state index contributed by atoms with van der Waals surface area (Å²) in [6.07, 6.45) is 0.818. The Morgan fingerprint density at radius 3 is 2.44 bits per heavy atom. The molecule has 0 aliphatic carbocycles. The third-order valence-electron chi connectivity index (χ3n) is 3.18. The summed E-state index contributed by atoms with van der Waals surface area (Å²) in [6, 6.07) is 5.52. The molecule has 1 aromatic carbocycles. The Morgan fingerprint density at radius 1 is 1.22 bits per heavy atom. The lowest BCUT2D eigenvalue weighted by Crippen LogP contribution is -2.50. The molecule has 96 valence electrons. The fraction of sp³-hybridized carbons (Fsp3) is 0.429. The highest BCUT2D eigenvalue weighted by Crippen LogP contribution is 2.17. The first-order valence-electron chi connectivity index (χ1n) is 6.14.